The lowest BCUT2D eigenvalue weighted by Crippen LogP contribution is -2.47. The van der Waals surface area contributed by atoms with Crippen molar-refractivity contribution in [2.45, 2.75) is 52.0 Å². The van der Waals surface area contributed by atoms with Crippen LogP contribution in [0, 0.1) is 11.8 Å². The maximum atomic E-state index is 6.81. The molecule has 1 aliphatic carbocycles. The second kappa shape index (κ2) is 5.96. The van der Waals surface area contributed by atoms with Crippen molar-refractivity contribution in [3.8, 4) is 5.75 Å². The minimum absolute atomic E-state index is 0.234. The summed E-state index contributed by atoms with van der Waals surface area (Å²) < 4.78 is 5.91. The van der Waals surface area contributed by atoms with Crippen LogP contribution in [0.3, 0.4) is 0 Å². The molecule has 1 saturated carbocycles. The number of hydrogen-bond donors (Lipinski definition) is 1. The maximum Gasteiger partial charge on any atom is 0.124 e. The van der Waals surface area contributed by atoms with Crippen LogP contribution in [-0.2, 0) is 5.54 Å². The Morgan fingerprint density at radius 2 is 2.00 bits per heavy atom. The molecule has 0 heterocycles. The van der Waals surface area contributed by atoms with Crippen LogP contribution in [0.4, 0.5) is 0 Å². The first-order valence-corrected chi connectivity index (χ1v) is 7.59. The van der Waals surface area contributed by atoms with E-state index in [1.807, 2.05) is 6.07 Å². The summed E-state index contributed by atoms with van der Waals surface area (Å²) >= 11 is 0. The molecule has 2 nitrogen and oxygen atoms in total. The first-order valence-electron chi connectivity index (χ1n) is 7.59. The van der Waals surface area contributed by atoms with Crippen LogP contribution in [0.15, 0.2) is 24.3 Å². The van der Waals surface area contributed by atoms with E-state index in [9.17, 15) is 0 Å². The molecule has 3 atom stereocenters. The third kappa shape index (κ3) is 2.94. The van der Waals surface area contributed by atoms with Crippen molar-refractivity contribution in [3.05, 3.63) is 29.8 Å². The van der Waals surface area contributed by atoms with Gasteiger partial charge in [0.1, 0.15) is 5.75 Å². The lowest BCUT2D eigenvalue weighted by Gasteiger charge is -2.43. The normalized spacial score (nSPS) is 31.2. The van der Waals surface area contributed by atoms with Gasteiger partial charge in [-0.25, -0.2) is 0 Å². The van der Waals surface area contributed by atoms with Gasteiger partial charge in [-0.1, -0.05) is 45.4 Å². The molecule has 0 saturated heterocycles. The van der Waals surface area contributed by atoms with E-state index in [2.05, 4.69) is 39.0 Å². The van der Waals surface area contributed by atoms with Gasteiger partial charge in [0.25, 0.3) is 0 Å². The SMILES string of the molecule is CCCOc1ccccc1C1(N)CC(C)CCC1C. The Hall–Kier alpha value is -1.02. The molecule has 0 bridgehead atoms. The lowest BCUT2D eigenvalue weighted by atomic mass is 9.67. The Morgan fingerprint density at radius 1 is 1.26 bits per heavy atom. The summed E-state index contributed by atoms with van der Waals surface area (Å²) in [5.74, 6) is 2.18. The van der Waals surface area contributed by atoms with Gasteiger partial charge in [0, 0.05) is 11.1 Å². The standard InChI is InChI=1S/C17H27NO/c1-4-11-19-16-8-6-5-7-15(16)17(18)12-13(2)9-10-14(17)3/h5-8,13-14H,4,9-12,18H2,1-3H3. The molecule has 0 spiro atoms. The van der Waals surface area contributed by atoms with Crippen molar-refractivity contribution >= 4 is 0 Å². The Morgan fingerprint density at radius 3 is 2.74 bits per heavy atom. The third-order valence-electron chi connectivity index (χ3n) is 4.51. The predicted octanol–water partition coefficient (Wildman–Crippen LogP) is 4.09. The molecule has 0 aliphatic heterocycles. The highest BCUT2D eigenvalue weighted by Gasteiger charge is 2.40. The predicted molar refractivity (Wildman–Crippen MR) is 80.3 cm³/mol. The van der Waals surface area contributed by atoms with Crippen molar-refractivity contribution in [2.75, 3.05) is 6.61 Å². The minimum Gasteiger partial charge on any atom is -0.493 e. The molecule has 1 aromatic rings. The zero-order chi connectivity index (χ0) is 13.9. The molecule has 2 rings (SSSR count). The summed E-state index contributed by atoms with van der Waals surface area (Å²) in [5, 5.41) is 0. The number of hydrogen-bond acceptors (Lipinski definition) is 2. The maximum absolute atomic E-state index is 6.81. The number of rotatable bonds is 4. The van der Waals surface area contributed by atoms with Crippen LogP contribution in [0.25, 0.3) is 0 Å². The van der Waals surface area contributed by atoms with E-state index >= 15 is 0 Å². The quantitative estimate of drug-likeness (QED) is 0.886. The first kappa shape index (κ1) is 14.4. The van der Waals surface area contributed by atoms with Gasteiger partial charge in [-0.2, -0.15) is 0 Å². The van der Waals surface area contributed by atoms with Gasteiger partial charge >= 0.3 is 0 Å². The van der Waals surface area contributed by atoms with E-state index in [0.29, 0.717) is 11.8 Å². The van der Waals surface area contributed by atoms with E-state index in [-0.39, 0.29) is 5.54 Å². The number of benzene rings is 1. The third-order valence-corrected chi connectivity index (χ3v) is 4.51. The average molecular weight is 261 g/mol. The van der Waals surface area contributed by atoms with Gasteiger partial charge in [-0.05, 0) is 37.2 Å². The first-order chi connectivity index (χ1) is 9.08. The molecule has 0 radical (unpaired) electrons. The van der Waals surface area contributed by atoms with E-state index in [1.54, 1.807) is 0 Å². The van der Waals surface area contributed by atoms with Gasteiger partial charge in [0.05, 0.1) is 6.61 Å². The molecule has 106 valence electrons. The smallest absolute Gasteiger partial charge is 0.124 e. The van der Waals surface area contributed by atoms with Gasteiger partial charge in [0.2, 0.25) is 0 Å². The molecule has 19 heavy (non-hydrogen) atoms. The monoisotopic (exact) mass is 261 g/mol. The molecule has 2 N–H and O–H groups in total. The zero-order valence-electron chi connectivity index (χ0n) is 12.5. The summed E-state index contributed by atoms with van der Waals surface area (Å²) in [5.41, 5.74) is 7.77. The summed E-state index contributed by atoms with van der Waals surface area (Å²) in [6.45, 7) is 7.48. The van der Waals surface area contributed by atoms with Crippen LogP contribution < -0.4 is 10.5 Å². The molecule has 3 unspecified atom stereocenters. The number of para-hydroxylation sites is 1. The summed E-state index contributed by atoms with van der Waals surface area (Å²) in [4.78, 5) is 0. The van der Waals surface area contributed by atoms with Crippen LogP contribution in [0.1, 0.15) is 52.0 Å². The van der Waals surface area contributed by atoms with Crippen molar-refractivity contribution in [2.24, 2.45) is 17.6 Å². The summed E-state index contributed by atoms with van der Waals surface area (Å²) in [7, 11) is 0. The van der Waals surface area contributed by atoms with Crippen LogP contribution >= 0.6 is 0 Å². The second-order valence-corrected chi connectivity index (χ2v) is 6.17. The topological polar surface area (TPSA) is 35.2 Å². The van der Waals surface area contributed by atoms with Crippen molar-refractivity contribution in [1.82, 2.24) is 0 Å². The van der Waals surface area contributed by atoms with Crippen LogP contribution in [0.5, 0.6) is 5.75 Å². The van der Waals surface area contributed by atoms with Gasteiger partial charge in [-0.15, -0.1) is 0 Å². The summed E-state index contributed by atoms with van der Waals surface area (Å²) in [6.07, 6.45) is 4.58. The van der Waals surface area contributed by atoms with Crippen molar-refractivity contribution < 1.29 is 4.74 Å². The zero-order valence-corrected chi connectivity index (χ0v) is 12.5. The van der Waals surface area contributed by atoms with Gasteiger partial charge < -0.3 is 10.5 Å². The Kier molecular flexibility index (Phi) is 4.51. The van der Waals surface area contributed by atoms with Crippen LogP contribution in [0.2, 0.25) is 0 Å². The molecule has 0 amide bonds. The number of nitrogens with two attached hydrogens (primary N) is 1. The fraction of sp³-hybridized carbons (Fsp3) is 0.647. The van der Waals surface area contributed by atoms with E-state index < -0.39 is 0 Å². The Labute approximate surface area is 117 Å². The molecule has 0 aromatic heterocycles. The fourth-order valence-corrected chi connectivity index (χ4v) is 3.24. The highest BCUT2D eigenvalue weighted by Crippen LogP contribution is 2.44. The van der Waals surface area contributed by atoms with E-state index in [1.165, 1.54) is 18.4 Å². The highest BCUT2D eigenvalue weighted by atomic mass is 16.5. The molecule has 1 aliphatic rings. The van der Waals surface area contributed by atoms with Crippen LogP contribution in [-0.4, -0.2) is 6.61 Å². The molecule has 1 fully saturated rings. The molecule has 2 heteroatoms. The van der Waals surface area contributed by atoms with Gasteiger partial charge in [0.15, 0.2) is 0 Å². The average Bonchev–Trinajstić information content (AvgIpc) is 2.41. The van der Waals surface area contributed by atoms with Gasteiger partial charge in [-0.3, -0.25) is 0 Å². The van der Waals surface area contributed by atoms with Crippen molar-refractivity contribution in [1.29, 1.82) is 0 Å². The second-order valence-electron chi connectivity index (χ2n) is 6.17. The molecular formula is C17H27NO. The fourth-order valence-electron chi connectivity index (χ4n) is 3.24. The van der Waals surface area contributed by atoms with E-state index in [4.69, 9.17) is 10.5 Å². The molecular weight excluding hydrogens is 234 g/mol. The largest absolute Gasteiger partial charge is 0.493 e. The highest BCUT2D eigenvalue weighted by molar-refractivity contribution is 5.40. The Bertz CT molecular complexity index is 417. The minimum atomic E-state index is -0.234. The Balaban J connectivity index is 2.33. The van der Waals surface area contributed by atoms with E-state index in [0.717, 1.165) is 25.2 Å². The number of ether oxygens (including phenoxy) is 1. The van der Waals surface area contributed by atoms with Crippen molar-refractivity contribution in [3.63, 3.8) is 0 Å². The summed E-state index contributed by atoms with van der Waals surface area (Å²) in [6, 6.07) is 8.33. The molecule has 1 aromatic carbocycles. The lowest BCUT2D eigenvalue weighted by molar-refractivity contribution is 0.156.